The van der Waals surface area contributed by atoms with Crippen LogP contribution in [0.25, 0.3) is 0 Å². The fourth-order valence-corrected chi connectivity index (χ4v) is 2.18. The van der Waals surface area contributed by atoms with E-state index >= 15 is 0 Å². The van der Waals surface area contributed by atoms with E-state index in [1.54, 1.807) is 19.9 Å². The smallest absolute Gasteiger partial charge is 0.104 e. The Balaban J connectivity index is 3.04. The van der Waals surface area contributed by atoms with E-state index in [4.69, 9.17) is 29.6 Å². The van der Waals surface area contributed by atoms with Crippen molar-refractivity contribution in [3.63, 3.8) is 0 Å². The van der Waals surface area contributed by atoms with Gasteiger partial charge >= 0.3 is 0 Å². The number of anilines is 1. The molecule has 3 nitrogen and oxygen atoms in total. The first-order valence-corrected chi connectivity index (χ1v) is 6.60. The summed E-state index contributed by atoms with van der Waals surface area (Å²) in [6.45, 7) is 6.83. The van der Waals surface area contributed by atoms with Crippen molar-refractivity contribution in [2.45, 2.75) is 26.4 Å². The molecule has 5 heteroatoms. The molecule has 0 unspecified atom stereocenters. The Hall–Kier alpha value is -0.840. The fourth-order valence-electron chi connectivity index (χ4n) is 1.75. The first kappa shape index (κ1) is 15.2. The van der Waals surface area contributed by atoms with Crippen molar-refractivity contribution in [2.24, 2.45) is 5.73 Å². The predicted molar refractivity (Wildman–Crippen MR) is 81.5 cm³/mol. The zero-order valence-electron chi connectivity index (χ0n) is 10.9. The Morgan fingerprint density at radius 1 is 1.50 bits per heavy atom. The van der Waals surface area contributed by atoms with Crippen molar-refractivity contribution >= 4 is 34.5 Å². The third kappa shape index (κ3) is 4.12. The van der Waals surface area contributed by atoms with Gasteiger partial charge in [0, 0.05) is 18.7 Å². The van der Waals surface area contributed by atoms with E-state index in [2.05, 4.69) is 0 Å². The lowest BCUT2D eigenvalue weighted by atomic mass is 10.1. The molecule has 0 aliphatic carbocycles. The molecule has 0 aromatic heterocycles. The summed E-state index contributed by atoms with van der Waals surface area (Å²) >= 11 is 11.1. The van der Waals surface area contributed by atoms with Crippen LogP contribution < -0.4 is 10.6 Å². The molecule has 18 heavy (non-hydrogen) atoms. The molecule has 1 aromatic carbocycles. The van der Waals surface area contributed by atoms with E-state index in [0.717, 1.165) is 17.8 Å². The number of nitrogens with zero attached hydrogens (tertiary/aromatic N) is 1. The lowest BCUT2D eigenvalue weighted by Crippen LogP contribution is -2.38. The Bertz CT molecular complexity index is 443. The molecule has 0 radical (unpaired) electrons. The van der Waals surface area contributed by atoms with Crippen LogP contribution in [0.3, 0.4) is 0 Å². The van der Waals surface area contributed by atoms with Gasteiger partial charge in [-0.3, -0.25) is 0 Å². The van der Waals surface area contributed by atoms with Gasteiger partial charge in [-0.2, -0.15) is 0 Å². The van der Waals surface area contributed by atoms with Gasteiger partial charge in [0.1, 0.15) is 4.99 Å². The lowest BCUT2D eigenvalue weighted by Gasteiger charge is -2.30. The molecule has 0 spiro atoms. The van der Waals surface area contributed by atoms with Gasteiger partial charge in [0.15, 0.2) is 0 Å². The van der Waals surface area contributed by atoms with Crippen molar-refractivity contribution < 1.29 is 5.11 Å². The molecule has 0 aliphatic rings. The number of nitrogens with two attached hydrogens (primary N) is 1. The first-order valence-electron chi connectivity index (χ1n) is 5.81. The number of aliphatic hydroxyl groups is 1. The normalized spacial score (nSPS) is 11.4. The zero-order chi connectivity index (χ0) is 13.9. The topological polar surface area (TPSA) is 49.5 Å². The van der Waals surface area contributed by atoms with E-state index in [-0.39, 0.29) is 0 Å². The van der Waals surface area contributed by atoms with Crippen LogP contribution in [0.15, 0.2) is 18.2 Å². The van der Waals surface area contributed by atoms with Crippen LogP contribution in [-0.2, 0) is 0 Å². The summed E-state index contributed by atoms with van der Waals surface area (Å²) in [7, 11) is 0. The highest BCUT2D eigenvalue weighted by Gasteiger charge is 2.19. The van der Waals surface area contributed by atoms with Crippen LogP contribution in [0.5, 0.6) is 0 Å². The van der Waals surface area contributed by atoms with Crippen LogP contribution >= 0.6 is 23.8 Å². The van der Waals surface area contributed by atoms with Gasteiger partial charge in [-0.1, -0.05) is 23.8 Å². The van der Waals surface area contributed by atoms with Crippen LogP contribution in [0, 0.1) is 0 Å². The average Bonchev–Trinajstić information content (AvgIpc) is 2.24. The summed E-state index contributed by atoms with van der Waals surface area (Å²) in [5.74, 6) is 0. The number of rotatable bonds is 5. The number of halogens is 1. The maximum Gasteiger partial charge on any atom is 0.104 e. The second-order valence-electron chi connectivity index (χ2n) is 4.86. The van der Waals surface area contributed by atoms with E-state index in [9.17, 15) is 5.11 Å². The van der Waals surface area contributed by atoms with Crippen molar-refractivity contribution in [3.8, 4) is 0 Å². The van der Waals surface area contributed by atoms with Crippen LogP contribution in [0.1, 0.15) is 26.3 Å². The summed E-state index contributed by atoms with van der Waals surface area (Å²) in [5, 5.41) is 10.5. The number of hydrogen-bond acceptors (Lipinski definition) is 3. The molecular formula is C13H19ClN2OS. The minimum absolute atomic E-state index is 0.328. The van der Waals surface area contributed by atoms with E-state index < -0.39 is 5.60 Å². The van der Waals surface area contributed by atoms with Crippen LogP contribution in [0.4, 0.5) is 5.69 Å². The molecule has 0 atom stereocenters. The minimum Gasteiger partial charge on any atom is -0.389 e. The fraction of sp³-hybridized carbons (Fsp3) is 0.462. The van der Waals surface area contributed by atoms with Gasteiger partial charge in [-0.15, -0.1) is 0 Å². The molecule has 0 saturated heterocycles. The van der Waals surface area contributed by atoms with Gasteiger partial charge < -0.3 is 15.7 Å². The predicted octanol–water partition coefficient (Wildman–Crippen LogP) is 2.57. The van der Waals surface area contributed by atoms with E-state index in [1.165, 1.54) is 0 Å². The summed E-state index contributed by atoms with van der Waals surface area (Å²) in [6.07, 6.45) is 0. The summed E-state index contributed by atoms with van der Waals surface area (Å²) in [4.78, 5) is 2.35. The van der Waals surface area contributed by atoms with Crippen LogP contribution in [-0.4, -0.2) is 28.8 Å². The standard InChI is InChI=1S/C13H19ClN2OS/c1-4-16(8-13(2,3)17)11-6-5-9(12(15)18)7-10(11)14/h5-7,17H,4,8H2,1-3H3,(H2,15,18). The Labute approximate surface area is 119 Å². The van der Waals surface area contributed by atoms with E-state index in [1.807, 2.05) is 24.0 Å². The zero-order valence-corrected chi connectivity index (χ0v) is 12.5. The number of hydrogen-bond donors (Lipinski definition) is 2. The largest absolute Gasteiger partial charge is 0.389 e. The first-order chi connectivity index (χ1) is 8.24. The van der Waals surface area contributed by atoms with Gasteiger partial charge in [0.25, 0.3) is 0 Å². The molecule has 1 rings (SSSR count). The molecule has 0 heterocycles. The van der Waals surface area contributed by atoms with Gasteiger partial charge in [-0.25, -0.2) is 0 Å². The maximum absolute atomic E-state index is 9.89. The van der Waals surface area contributed by atoms with Crippen molar-refractivity contribution in [3.05, 3.63) is 28.8 Å². The molecular weight excluding hydrogens is 268 g/mol. The van der Waals surface area contributed by atoms with Crippen molar-refractivity contribution in [1.29, 1.82) is 0 Å². The molecule has 0 saturated carbocycles. The second-order valence-corrected chi connectivity index (χ2v) is 5.70. The Morgan fingerprint density at radius 2 is 2.11 bits per heavy atom. The third-order valence-corrected chi connectivity index (χ3v) is 3.07. The van der Waals surface area contributed by atoms with Gasteiger partial charge in [-0.05, 0) is 39.0 Å². The Kier molecular flexibility index (Phi) is 4.96. The molecule has 100 valence electrons. The third-order valence-electron chi connectivity index (χ3n) is 2.53. The molecule has 0 aliphatic heterocycles. The molecule has 1 aromatic rings. The Morgan fingerprint density at radius 3 is 2.50 bits per heavy atom. The monoisotopic (exact) mass is 286 g/mol. The van der Waals surface area contributed by atoms with Crippen molar-refractivity contribution in [2.75, 3.05) is 18.0 Å². The highest BCUT2D eigenvalue weighted by atomic mass is 35.5. The van der Waals surface area contributed by atoms with E-state index in [0.29, 0.717) is 16.6 Å². The van der Waals surface area contributed by atoms with Crippen molar-refractivity contribution in [1.82, 2.24) is 0 Å². The number of benzene rings is 1. The SMILES string of the molecule is CCN(CC(C)(C)O)c1ccc(C(N)=S)cc1Cl. The number of likely N-dealkylation sites (N-methyl/N-ethyl adjacent to an activating group) is 1. The molecule has 0 amide bonds. The quantitative estimate of drug-likeness (QED) is 0.817. The van der Waals surface area contributed by atoms with Gasteiger partial charge in [0.2, 0.25) is 0 Å². The molecule has 0 bridgehead atoms. The molecule has 0 fully saturated rings. The van der Waals surface area contributed by atoms with Gasteiger partial charge in [0.05, 0.1) is 16.3 Å². The summed E-state index contributed by atoms with van der Waals surface area (Å²) in [6, 6.07) is 5.48. The maximum atomic E-state index is 9.89. The lowest BCUT2D eigenvalue weighted by molar-refractivity contribution is 0.0876. The summed E-state index contributed by atoms with van der Waals surface area (Å²) < 4.78 is 0. The molecule has 3 N–H and O–H groups in total. The minimum atomic E-state index is -0.777. The van der Waals surface area contributed by atoms with Crippen LogP contribution in [0.2, 0.25) is 5.02 Å². The summed E-state index contributed by atoms with van der Waals surface area (Å²) in [5.41, 5.74) is 6.41. The number of thiocarbonyl (C=S) groups is 1. The highest BCUT2D eigenvalue weighted by molar-refractivity contribution is 7.80. The highest BCUT2D eigenvalue weighted by Crippen LogP contribution is 2.28. The second kappa shape index (κ2) is 5.87. The average molecular weight is 287 g/mol.